The van der Waals surface area contributed by atoms with E-state index in [1.807, 2.05) is 42.5 Å². The van der Waals surface area contributed by atoms with Crippen molar-refractivity contribution in [3.8, 4) is 0 Å². The number of aliphatic hydroxyl groups is 2. The van der Waals surface area contributed by atoms with Gasteiger partial charge in [-0.3, -0.25) is 0 Å². The zero-order valence-electron chi connectivity index (χ0n) is 11.5. The predicted molar refractivity (Wildman–Crippen MR) is 80.0 cm³/mol. The van der Waals surface area contributed by atoms with Gasteiger partial charge in [0.25, 0.3) is 0 Å². The van der Waals surface area contributed by atoms with Crippen LogP contribution in [0.3, 0.4) is 0 Å². The van der Waals surface area contributed by atoms with Crippen LogP contribution in [0.2, 0.25) is 0 Å². The van der Waals surface area contributed by atoms with Crippen molar-refractivity contribution in [1.82, 2.24) is 0 Å². The fourth-order valence-corrected chi connectivity index (χ4v) is 2.63. The van der Waals surface area contributed by atoms with E-state index in [1.165, 1.54) is 0 Å². The third-order valence-electron chi connectivity index (χ3n) is 2.94. The second kappa shape index (κ2) is 7.26. The Balaban J connectivity index is 2.06. The van der Waals surface area contributed by atoms with E-state index in [-0.39, 0.29) is 0 Å². The number of ether oxygens (including phenoxy) is 1. The highest BCUT2D eigenvalue weighted by atomic mass is 32.2. The number of methoxy groups -OCH3 is 1. The molecule has 2 aromatic carbocycles. The highest BCUT2D eigenvalue weighted by molar-refractivity contribution is 7.99. The summed E-state index contributed by atoms with van der Waals surface area (Å²) in [6.07, 6.45) is -2.88. The number of benzene rings is 2. The van der Waals surface area contributed by atoms with Crippen LogP contribution in [0.5, 0.6) is 0 Å². The number of carbonyl (C=O) groups excluding carboxylic acids is 1. The number of rotatable bonds is 5. The minimum Gasteiger partial charge on any atom is -0.467 e. The molecule has 2 N–H and O–H groups in total. The topological polar surface area (TPSA) is 66.8 Å². The predicted octanol–water partition coefficient (Wildman–Crippen LogP) is 2.41. The van der Waals surface area contributed by atoms with Gasteiger partial charge in [0, 0.05) is 9.79 Å². The molecule has 110 valence electrons. The summed E-state index contributed by atoms with van der Waals surface area (Å²) in [4.78, 5) is 13.3. The molecule has 2 rings (SSSR count). The Morgan fingerprint density at radius 3 is 2.14 bits per heavy atom. The third kappa shape index (κ3) is 4.07. The van der Waals surface area contributed by atoms with Gasteiger partial charge in [-0.2, -0.15) is 0 Å². The molecule has 0 saturated heterocycles. The van der Waals surface area contributed by atoms with Crippen LogP contribution in [0, 0.1) is 0 Å². The number of aliphatic hydroxyl groups excluding tert-OH is 2. The summed E-state index contributed by atoms with van der Waals surface area (Å²) in [6.45, 7) is 0. The van der Waals surface area contributed by atoms with E-state index in [4.69, 9.17) is 0 Å². The molecule has 21 heavy (non-hydrogen) atoms. The minimum absolute atomic E-state index is 0.463. The maximum Gasteiger partial charge on any atom is 0.337 e. The Morgan fingerprint density at radius 1 is 1.00 bits per heavy atom. The number of esters is 1. The van der Waals surface area contributed by atoms with Crippen LogP contribution >= 0.6 is 11.8 Å². The molecule has 0 radical (unpaired) electrons. The lowest BCUT2D eigenvalue weighted by Crippen LogP contribution is -2.28. The molecule has 0 aliphatic rings. The van der Waals surface area contributed by atoms with Gasteiger partial charge in [0.1, 0.15) is 6.10 Å². The van der Waals surface area contributed by atoms with Crippen LogP contribution in [-0.4, -0.2) is 29.4 Å². The Kier molecular flexibility index (Phi) is 5.38. The third-order valence-corrected chi connectivity index (χ3v) is 3.96. The fraction of sp³-hybridized carbons (Fsp3) is 0.188. The Morgan fingerprint density at radius 2 is 1.57 bits per heavy atom. The van der Waals surface area contributed by atoms with Crippen molar-refractivity contribution in [2.75, 3.05) is 7.11 Å². The lowest BCUT2D eigenvalue weighted by atomic mass is 10.0. The maximum atomic E-state index is 11.2. The lowest BCUT2D eigenvalue weighted by molar-refractivity contribution is -0.156. The molecule has 4 nitrogen and oxygen atoms in total. The fourth-order valence-electron chi connectivity index (χ4n) is 1.79. The van der Waals surface area contributed by atoms with Crippen LogP contribution < -0.4 is 0 Å². The number of carbonyl (C=O) groups is 1. The van der Waals surface area contributed by atoms with Gasteiger partial charge < -0.3 is 14.9 Å². The first kappa shape index (κ1) is 15.6. The quantitative estimate of drug-likeness (QED) is 0.830. The Hall–Kier alpha value is -1.82. The van der Waals surface area contributed by atoms with E-state index >= 15 is 0 Å². The Labute approximate surface area is 127 Å². The summed E-state index contributed by atoms with van der Waals surface area (Å²) < 4.78 is 4.40. The van der Waals surface area contributed by atoms with Crippen molar-refractivity contribution in [3.05, 3.63) is 60.2 Å². The summed E-state index contributed by atoms with van der Waals surface area (Å²) in [6, 6.07) is 16.9. The van der Waals surface area contributed by atoms with Crippen molar-refractivity contribution in [2.24, 2.45) is 0 Å². The smallest absolute Gasteiger partial charge is 0.337 e. The highest BCUT2D eigenvalue weighted by Gasteiger charge is 2.26. The van der Waals surface area contributed by atoms with Crippen molar-refractivity contribution in [3.63, 3.8) is 0 Å². The van der Waals surface area contributed by atoms with E-state index in [2.05, 4.69) is 4.74 Å². The van der Waals surface area contributed by atoms with Gasteiger partial charge in [-0.25, -0.2) is 4.79 Å². The van der Waals surface area contributed by atoms with E-state index in [9.17, 15) is 15.0 Å². The normalized spacial score (nSPS) is 13.5. The summed E-state index contributed by atoms with van der Waals surface area (Å²) in [7, 11) is 1.16. The Bertz CT molecular complexity index is 583. The first-order valence-corrected chi connectivity index (χ1v) is 7.20. The van der Waals surface area contributed by atoms with Crippen LogP contribution in [0.15, 0.2) is 64.4 Å². The monoisotopic (exact) mass is 304 g/mol. The molecule has 2 atom stereocenters. The largest absolute Gasteiger partial charge is 0.467 e. The highest BCUT2D eigenvalue weighted by Crippen LogP contribution is 2.28. The lowest BCUT2D eigenvalue weighted by Gasteiger charge is -2.16. The van der Waals surface area contributed by atoms with Crippen LogP contribution in [0.4, 0.5) is 0 Å². The second-order valence-electron chi connectivity index (χ2n) is 4.40. The summed E-state index contributed by atoms with van der Waals surface area (Å²) in [5, 5.41) is 19.5. The molecular formula is C16H16O4S. The maximum absolute atomic E-state index is 11.2. The summed E-state index contributed by atoms with van der Waals surface area (Å²) in [5.41, 5.74) is 0.463. The molecule has 2 unspecified atom stereocenters. The molecule has 0 aliphatic carbocycles. The molecular weight excluding hydrogens is 288 g/mol. The van der Waals surface area contributed by atoms with Gasteiger partial charge in [-0.15, -0.1) is 0 Å². The van der Waals surface area contributed by atoms with E-state index in [1.54, 1.807) is 23.9 Å². The molecule has 0 bridgehead atoms. The zero-order chi connectivity index (χ0) is 15.2. The molecule has 5 heteroatoms. The van der Waals surface area contributed by atoms with E-state index < -0.39 is 18.2 Å². The van der Waals surface area contributed by atoms with Gasteiger partial charge in [-0.1, -0.05) is 42.1 Å². The van der Waals surface area contributed by atoms with Crippen molar-refractivity contribution in [2.45, 2.75) is 22.0 Å². The van der Waals surface area contributed by atoms with Gasteiger partial charge in [0.2, 0.25) is 0 Å². The van der Waals surface area contributed by atoms with Crippen molar-refractivity contribution < 1.29 is 19.7 Å². The molecule has 2 aromatic rings. The number of hydrogen-bond donors (Lipinski definition) is 2. The van der Waals surface area contributed by atoms with Crippen LogP contribution in [0.1, 0.15) is 11.7 Å². The minimum atomic E-state index is -1.58. The summed E-state index contributed by atoms with van der Waals surface area (Å²) in [5.74, 6) is -0.856. The molecule has 0 fully saturated rings. The van der Waals surface area contributed by atoms with Gasteiger partial charge in [-0.05, 0) is 29.8 Å². The molecule has 0 saturated carbocycles. The first-order valence-electron chi connectivity index (χ1n) is 6.38. The molecule has 0 spiro atoms. The standard InChI is InChI=1S/C16H16O4S/c1-20-16(19)15(18)14(17)11-7-9-13(10-8-11)21-12-5-3-2-4-6-12/h2-10,14-15,17-18H,1H3. The average molecular weight is 304 g/mol. The number of hydrogen-bond acceptors (Lipinski definition) is 5. The van der Waals surface area contributed by atoms with Gasteiger partial charge in [0.05, 0.1) is 7.11 Å². The second-order valence-corrected chi connectivity index (χ2v) is 5.54. The van der Waals surface area contributed by atoms with Crippen molar-refractivity contribution >= 4 is 17.7 Å². The molecule has 0 aromatic heterocycles. The molecule has 0 aliphatic heterocycles. The van der Waals surface area contributed by atoms with E-state index in [0.717, 1.165) is 16.9 Å². The van der Waals surface area contributed by atoms with Gasteiger partial charge in [0.15, 0.2) is 6.10 Å². The SMILES string of the molecule is COC(=O)C(O)C(O)c1ccc(Sc2ccccc2)cc1. The van der Waals surface area contributed by atoms with Crippen LogP contribution in [0.25, 0.3) is 0 Å². The molecule has 0 heterocycles. The molecule has 0 amide bonds. The average Bonchev–Trinajstić information content (AvgIpc) is 2.54. The van der Waals surface area contributed by atoms with Gasteiger partial charge >= 0.3 is 5.97 Å². The summed E-state index contributed by atoms with van der Waals surface area (Å²) >= 11 is 1.59. The first-order chi connectivity index (χ1) is 10.1. The zero-order valence-corrected chi connectivity index (χ0v) is 12.3. The van der Waals surface area contributed by atoms with Crippen molar-refractivity contribution in [1.29, 1.82) is 0 Å². The van der Waals surface area contributed by atoms with E-state index in [0.29, 0.717) is 5.56 Å². The van der Waals surface area contributed by atoms with Crippen LogP contribution in [-0.2, 0) is 9.53 Å².